The van der Waals surface area contributed by atoms with Crippen LogP contribution in [-0.4, -0.2) is 25.5 Å². The number of rotatable bonds is 6. The summed E-state index contributed by atoms with van der Waals surface area (Å²) in [4.78, 5) is 10.9. The van der Waals surface area contributed by atoms with Gasteiger partial charge in [0.25, 0.3) is 0 Å². The van der Waals surface area contributed by atoms with Crippen molar-refractivity contribution in [3.05, 3.63) is 12.7 Å². The molecule has 13 heavy (non-hydrogen) atoms. The number of nitrogens with one attached hydrogen (secondary N) is 2. The molecule has 0 aliphatic carbocycles. The average molecular weight is 184 g/mol. The standard InChI is InChI=1S/C10H20N2O/c1-5-9(13)12-8-10(3,4)7-11-6-2/h5,11H,1,6-8H2,2-4H3,(H,12,13). The van der Waals surface area contributed by atoms with Crippen LogP contribution in [0.1, 0.15) is 20.8 Å². The fourth-order valence-corrected chi connectivity index (χ4v) is 0.924. The first-order valence-corrected chi connectivity index (χ1v) is 4.63. The third-order valence-electron chi connectivity index (χ3n) is 1.78. The summed E-state index contributed by atoms with van der Waals surface area (Å²) in [5.74, 6) is -0.107. The van der Waals surface area contributed by atoms with E-state index in [4.69, 9.17) is 0 Å². The Morgan fingerprint density at radius 1 is 1.46 bits per heavy atom. The second-order valence-electron chi connectivity index (χ2n) is 3.87. The lowest BCUT2D eigenvalue weighted by atomic mass is 9.93. The van der Waals surface area contributed by atoms with E-state index in [0.29, 0.717) is 6.54 Å². The second kappa shape index (κ2) is 5.75. The predicted octanol–water partition coefficient (Wildman–Crippen LogP) is 0.924. The Labute approximate surface area is 80.6 Å². The first-order valence-electron chi connectivity index (χ1n) is 4.63. The van der Waals surface area contributed by atoms with Gasteiger partial charge in [-0.25, -0.2) is 0 Å². The lowest BCUT2D eigenvalue weighted by molar-refractivity contribution is -0.116. The molecule has 0 saturated carbocycles. The minimum absolute atomic E-state index is 0.0919. The Morgan fingerprint density at radius 3 is 2.54 bits per heavy atom. The van der Waals surface area contributed by atoms with Crippen molar-refractivity contribution in [2.24, 2.45) is 5.41 Å². The van der Waals surface area contributed by atoms with Crippen LogP contribution < -0.4 is 10.6 Å². The Kier molecular flexibility index (Phi) is 5.39. The van der Waals surface area contributed by atoms with E-state index < -0.39 is 0 Å². The van der Waals surface area contributed by atoms with Crippen molar-refractivity contribution in [1.82, 2.24) is 10.6 Å². The second-order valence-corrected chi connectivity index (χ2v) is 3.87. The van der Waals surface area contributed by atoms with Crippen LogP contribution in [0, 0.1) is 5.41 Å². The van der Waals surface area contributed by atoms with Crippen LogP contribution in [0.5, 0.6) is 0 Å². The molecule has 1 amide bonds. The van der Waals surface area contributed by atoms with Crippen LogP contribution in [0.15, 0.2) is 12.7 Å². The summed E-state index contributed by atoms with van der Waals surface area (Å²) in [7, 11) is 0. The molecule has 0 aromatic rings. The van der Waals surface area contributed by atoms with Gasteiger partial charge in [-0.2, -0.15) is 0 Å². The predicted molar refractivity (Wildman–Crippen MR) is 55.5 cm³/mol. The largest absolute Gasteiger partial charge is 0.352 e. The zero-order chi connectivity index (χ0) is 10.3. The third kappa shape index (κ3) is 6.34. The number of hydrogen-bond acceptors (Lipinski definition) is 2. The van der Waals surface area contributed by atoms with E-state index in [2.05, 4.69) is 38.0 Å². The van der Waals surface area contributed by atoms with Crippen molar-refractivity contribution < 1.29 is 4.79 Å². The molecule has 0 radical (unpaired) electrons. The van der Waals surface area contributed by atoms with E-state index in [1.807, 2.05) is 0 Å². The number of amides is 1. The fourth-order valence-electron chi connectivity index (χ4n) is 0.924. The van der Waals surface area contributed by atoms with Crippen LogP contribution in [-0.2, 0) is 4.79 Å². The van der Waals surface area contributed by atoms with Crippen molar-refractivity contribution in [2.45, 2.75) is 20.8 Å². The molecule has 0 aromatic carbocycles. The molecule has 0 saturated heterocycles. The van der Waals surface area contributed by atoms with E-state index in [1.165, 1.54) is 6.08 Å². The first-order chi connectivity index (χ1) is 6.02. The molecule has 0 bridgehead atoms. The maximum absolute atomic E-state index is 10.9. The maximum Gasteiger partial charge on any atom is 0.243 e. The smallest absolute Gasteiger partial charge is 0.243 e. The van der Waals surface area contributed by atoms with Gasteiger partial charge in [0.2, 0.25) is 5.91 Å². The fraction of sp³-hybridized carbons (Fsp3) is 0.700. The highest BCUT2D eigenvalue weighted by Gasteiger charge is 2.17. The van der Waals surface area contributed by atoms with Crippen LogP contribution in [0.4, 0.5) is 0 Å². The van der Waals surface area contributed by atoms with E-state index >= 15 is 0 Å². The molecule has 3 heteroatoms. The molecule has 2 N–H and O–H groups in total. The SMILES string of the molecule is C=CC(=O)NCC(C)(C)CNCC. The van der Waals surface area contributed by atoms with Gasteiger partial charge in [0.05, 0.1) is 0 Å². The van der Waals surface area contributed by atoms with Crippen molar-refractivity contribution in [3.63, 3.8) is 0 Å². The quantitative estimate of drug-likeness (QED) is 0.603. The zero-order valence-corrected chi connectivity index (χ0v) is 8.81. The van der Waals surface area contributed by atoms with Gasteiger partial charge in [-0.15, -0.1) is 0 Å². The topological polar surface area (TPSA) is 41.1 Å². The van der Waals surface area contributed by atoms with E-state index in [0.717, 1.165) is 13.1 Å². The van der Waals surface area contributed by atoms with Crippen LogP contribution in [0.2, 0.25) is 0 Å². The highest BCUT2D eigenvalue weighted by atomic mass is 16.1. The van der Waals surface area contributed by atoms with Crippen molar-refractivity contribution in [3.8, 4) is 0 Å². The van der Waals surface area contributed by atoms with Gasteiger partial charge in [-0.05, 0) is 18.0 Å². The molecular weight excluding hydrogens is 164 g/mol. The molecule has 0 spiro atoms. The Bertz CT molecular complexity index is 176. The van der Waals surface area contributed by atoms with Gasteiger partial charge in [0.15, 0.2) is 0 Å². The van der Waals surface area contributed by atoms with Gasteiger partial charge in [-0.3, -0.25) is 4.79 Å². The Morgan fingerprint density at radius 2 is 2.08 bits per heavy atom. The first kappa shape index (κ1) is 12.2. The summed E-state index contributed by atoms with van der Waals surface area (Å²) in [5.41, 5.74) is 0.0919. The van der Waals surface area contributed by atoms with E-state index in [1.54, 1.807) is 0 Å². The molecule has 0 rings (SSSR count). The molecule has 76 valence electrons. The monoisotopic (exact) mass is 184 g/mol. The van der Waals surface area contributed by atoms with Gasteiger partial charge in [0.1, 0.15) is 0 Å². The Hall–Kier alpha value is -0.830. The molecule has 0 fully saturated rings. The van der Waals surface area contributed by atoms with Crippen LogP contribution in [0.25, 0.3) is 0 Å². The minimum atomic E-state index is -0.107. The molecule has 0 unspecified atom stereocenters. The van der Waals surface area contributed by atoms with Gasteiger partial charge >= 0.3 is 0 Å². The summed E-state index contributed by atoms with van der Waals surface area (Å²) in [6.45, 7) is 12.2. The summed E-state index contributed by atoms with van der Waals surface area (Å²) in [5, 5.41) is 6.04. The van der Waals surface area contributed by atoms with Crippen molar-refractivity contribution >= 4 is 5.91 Å². The zero-order valence-electron chi connectivity index (χ0n) is 8.81. The molecular formula is C10H20N2O. The molecule has 0 atom stereocenters. The average Bonchev–Trinajstić information content (AvgIpc) is 2.11. The molecule has 3 nitrogen and oxygen atoms in total. The van der Waals surface area contributed by atoms with Gasteiger partial charge in [0, 0.05) is 13.1 Å². The molecule has 0 aliphatic rings. The highest BCUT2D eigenvalue weighted by Crippen LogP contribution is 2.11. The molecule has 0 aromatic heterocycles. The molecule has 0 aliphatic heterocycles. The van der Waals surface area contributed by atoms with Crippen molar-refractivity contribution in [1.29, 1.82) is 0 Å². The summed E-state index contributed by atoms with van der Waals surface area (Å²) in [6.07, 6.45) is 1.29. The van der Waals surface area contributed by atoms with Gasteiger partial charge < -0.3 is 10.6 Å². The molecule has 0 heterocycles. The van der Waals surface area contributed by atoms with Crippen molar-refractivity contribution in [2.75, 3.05) is 19.6 Å². The summed E-state index contributed by atoms with van der Waals surface area (Å²) in [6, 6.07) is 0. The maximum atomic E-state index is 10.9. The number of carbonyl (C=O) groups excluding carboxylic acids is 1. The number of carbonyl (C=O) groups is 1. The number of hydrogen-bond donors (Lipinski definition) is 2. The van der Waals surface area contributed by atoms with E-state index in [-0.39, 0.29) is 11.3 Å². The van der Waals surface area contributed by atoms with Gasteiger partial charge in [-0.1, -0.05) is 27.4 Å². The van der Waals surface area contributed by atoms with Crippen LogP contribution >= 0.6 is 0 Å². The highest BCUT2D eigenvalue weighted by molar-refractivity contribution is 5.86. The van der Waals surface area contributed by atoms with E-state index in [9.17, 15) is 4.79 Å². The summed E-state index contributed by atoms with van der Waals surface area (Å²) >= 11 is 0. The van der Waals surface area contributed by atoms with Crippen LogP contribution in [0.3, 0.4) is 0 Å². The normalized spacial score (nSPS) is 11.0. The summed E-state index contributed by atoms with van der Waals surface area (Å²) < 4.78 is 0. The third-order valence-corrected chi connectivity index (χ3v) is 1.78. The lowest BCUT2D eigenvalue weighted by Crippen LogP contribution is -2.39. The Balaban J connectivity index is 3.74. The minimum Gasteiger partial charge on any atom is -0.352 e. The lowest BCUT2D eigenvalue weighted by Gasteiger charge is -2.24.